The highest BCUT2D eigenvalue weighted by atomic mass is 19.3. The molecule has 0 aliphatic carbocycles. The zero-order valence-corrected chi connectivity index (χ0v) is 10.8. The van der Waals surface area contributed by atoms with Gasteiger partial charge in [-0.15, -0.1) is 0 Å². The van der Waals surface area contributed by atoms with Crippen LogP contribution in [-0.2, 0) is 11.2 Å². The van der Waals surface area contributed by atoms with Crippen LogP contribution in [-0.4, -0.2) is 29.8 Å². The first-order chi connectivity index (χ1) is 8.30. The van der Waals surface area contributed by atoms with Crippen LogP contribution in [0.4, 0.5) is 8.78 Å². The second kappa shape index (κ2) is 6.19. The number of aromatic nitrogens is 2. The van der Waals surface area contributed by atoms with Crippen LogP contribution < -0.4 is 5.73 Å². The largest absolute Gasteiger partial charge is 0.375 e. The molecule has 0 aliphatic rings. The quantitative estimate of drug-likeness (QED) is 0.794. The third-order valence-electron chi connectivity index (χ3n) is 2.40. The molecule has 7 heteroatoms. The fourth-order valence-electron chi connectivity index (χ4n) is 1.22. The zero-order chi connectivity index (χ0) is 13.8. The predicted octanol–water partition coefficient (Wildman–Crippen LogP) is 1.94. The van der Waals surface area contributed by atoms with E-state index in [1.54, 1.807) is 0 Å². The van der Waals surface area contributed by atoms with Crippen LogP contribution in [0.5, 0.6) is 0 Å². The summed E-state index contributed by atoms with van der Waals surface area (Å²) in [6.45, 7) is 5.46. The fourth-order valence-corrected chi connectivity index (χ4v) is 1.22. The maximum Gasteiger partial charge on any atom is 0.261 e. The summed E-state index contributed by atoms with van der Waals surface area (Å²) >= 11 is 0. The van der Waals surface area contributed by atoms with Crippen molar-refractivity contribution in [2.45, 2.75) is 39.7 Å². The number of hydrogen-bond donors (Lipinski definition) is 1. The van der Waals surface area contributed by atoms with Crippen LogP contribution in [0.1, 0.15) is 38.5 Å². The van der Waals surface area contributed by atoms with Gasteiger partial charge in [-0.05, 0) is 5.41 Å². The van der Waals surface area contributed by atoms with Crippen molar-refractivity contribution in [3.63, 3.8) is 0 Å². The first kappa shape index (κ1) is 15.0. The minimum atomic E-state index is -2.46. The minimum absolute atomic E-state index is 0.122. The van der Waals surface area contributed by atoms with Crippen LogP contribution in [0.2, 0.25) is 0 Å². The maximum absolute atomic E-state index is 11.8. The third-order valence-corrected chi connectivity index (χ3v) is 2.40. The van der Waals surface area contributed by atoms with Gasteiger partial charge in [-0.1, -0.05) is 25.9 Å². The van der Waals surface area contributed by atoms with Gasteiger partial charge in [-0.25, -0.2) is 8.78 Å². The van der Waals surface area contributed by atoms with Crippen LogP contribution in [0.25, 0.3) is 0 Å². The molecule has 0 radical (unpaired) electrons. The van der Waals surface area contributed by atoms with Gasteiger partial charge in [0.2, 0.25) is 5.89 Å². The van der Waals surface area contributed by atoms with Crippen LogP contribution in [0, 0.1) is 5.41 Å². The summed E-state index contributed by atoms with van der Waals surface area (Å²) < 4.78 is 33.3. The molecule has 104 valence electrons. The van der Waals surface area contributed by atoms with Gasteiger partial charge < -0.3 is 15.0 Å². The SMILES string of the molecule is CC(C)(C)C(N)c1noc(CCOCC(F)F)n1. The van der Waals surface area contributed by atoms with Gasteiger partial charge in [-0.2, -0.15) is 4.98 Å². The normalized spacial score (nSPS) is 14.2. The Morgan fingerprint density at radius 2 is 2.06 bits per heavy atom. The molecule has 1 unspecified atom stereocenters. The van der Waals surface area contributed by atoms with Crippen molar-refractivity contribution in [1.82, 2.24) is 10.1 Å². The van der Waals surface area contributed by atoms with E-state index in [2.05, 4.69) is 10.1 Å². The molecule has 2 N–H and O–H groups in total. The van der Waals surface area contributed by atoms with Crippen molar-refractivity contribution in [2.24, 2.45) is 11.1 Å². The molecular weight excluding hydrogens is 244 g/mol. The summed E-state index contributed by atoms with van der Waals surface area (Å²) in [5.41, 5.74) is 5.79. The molecule has 0 spiro atoms. The van der Waals surface area contributed by atoms with Gasteiger partial charge in [0.1, 0.15) is 6.61 Å². The van der Waals surface area contributed by atoms with E-state index in [0.29, 0.717) is 18.1 Å². The number of ether oxygens (including phenoxy) is 1. The molecule has 5 nitrogen and oxygen atoms in total. The van der Waals surface area contributed by atoms with E-state index >= 15 is 0 Å². The number of halogens is 2. The first-order valence-corrected chi connectivity index (χ1v) is 5.74. The Hall–Kier alpha value is -1.08. The van der Waals surface area contributed by atoms with Crippen molar-refractivity contribution in [1.29, 1.82) is 0 Å². The average Bonchev–Trinajstić information content (AvgIpc) is 2.70. The Balaban J connectivity index is 2.44. The Bertz CT molecular complexity index is 363. The lowest BCUT2D eigenvalue weighted by Gasteiger charge is -2.23. The Morgan fingerprint density at radius 3 is 2.61 bits per heavy atom. The molecule has 0 saturated heterocycles. The molecule has 1 aromatic rings. The molecule has 0 saturated carbocycles. The Morgan fingerprint density at radius 1 is 1.39 bits per heavy atom. The lowest BCUT2D eigenvalue weighted by molar-refractivity contribution is 0.0171. The van der Waals surface area contributed by atoms with Crippen molar-refractivity contribution >= 4 is 0 Å². The van der Waals surface area contributed by atoms with E-state index in [-0.39, 0.29) is 18.1 Å². The topological polar surface area (TPSA) is 74.2 Å². The van der Waals surface area contributed by atoms with Gasteiger partial charge in [0.15, 0.2) is 5.82 Å². The Kier molecular flexibility index (Phi) is 5.15. The van der Waals surface area contributed by atoms with Gasteiger partial charge in [-0.3, -0.25) is 0 Å². The van der Waals surface area contributed by atoms with Gasteiger partial charge in [0.05, 0.1) is 19.1 Å². The summed E-state index contributed by atoms with van der Waals surface area (Å²) in [5.74, 6) is 0.769. The molecule has 0 amide bonds. The van der Waals surface area contributed by atoms with E-state index in [4.69, 9.17) is 15.0 Å². The fraction of sp³-hybridized carbons (Fsp3) is 0.818. The van der Waals surface area contributed by atoms with E-state index in [1.165, 1.54) is 0 Å². The summed E-state index contributed by atoms with van der Waals surface area (Å²) in [6, 6.07) is -0.336. The summed E-state index contributed by atoms with van der Waals surface area (Å²) in [4.78, 5) is 4.12. The summed E-state index contributed by atoms with van der Waals surface area (Å²) in [7, 11) is 0. The molecule has 0 aromatic carbocycles. The average molecular weight is 263 g/mol. The number of nitrogens with zero attached hydrogens (tertiary/aromatic N) is 2. The molecule has 0 fully saturated rings. The highest BCUT2D eigenvalue weighted by Crippen LogP contribution is 2.28. The second-order valence-corrected chi connectivity index (χ2v) is 5.11. The van der Waals surface area contributed by atoms with Crippen molar-refractivity contribution < 1.29 is 18.0 Å². The molecule has 18 heavy (non-hydrogen) atoms. The monoisotopic (exact) mass is 263 g/mol. The maximum atomic E-state index is 11.8. The van der Waals surface area contributed by atoms with E-state index in [0.717, 1.165) is 0 Å². The van der Waals surface area contributed by atoms with Crippen molar-refractivity contribution in [2.75, 3.05) is 13.2 Å². The van der Waals surface area contributed by atoms with E-state index < -0.39 is 13.0 Å². The Labute approximate surface area is 105 Å². The number of nitrogens with two attached hydrogens (primary N) is 1. The van der Waals surface area contributed by atoms with Crippen LogP contribution in [0.3, 0.4) is 0 Å². The molecule has 1 atom stereocenters. The molecule has 1 heterocycles. The molecule has 1 rings (SSSR count). The predicted molar refractivity (Wildman–Crippen MR) is 61.2 cm³/mol. The second-order valence-electron chi connectivity index (χ2n) is 5.11. The first-order valence-electron chi connectivity index (χ1n) is 5.74. The van der Waals surface area contributed by atoms with Crippen LogP contribution >= 0.6 is 0 Å². The van der Waals surface area contributed by atoms with Gasteiger partial charge in [0, 0.05) is 0 Å². The number of hydrogen-bond acceptors (Lipinski definition) is 5. The molecule has 1 aromatic heterocycles. The number of alkyl halides is 2. The third kappa shape index (κ3) is 4.66. The lowest BCUT2D eigenvalue weighted by atomic mass is 9.87. The highest BCUT2D eigenvalue weighted by Gasteiger charge is 2.26. The standard InChI is InChI=1S/C11H19F2N3O2/c1-11(2,3)9(14)10-15-8(18-16-10)4-5-17-6-7(12)13/h7,9H,4-6,14H2,1-3H3. The molecule has 0 aliphatic heterocycles. The zero-order valence-electron chi connectivity index (χ0n) is 10.8. The summed E-state index contributed by atoms with van der Waals surface area (Å²) in [5, 5.41) is 3.78. The van der Waals surface area contributed by atoms with Crippen molar-refractivity contribution in [3.8, 4) is 0 Å². The summed E-state index contributed by atoms with van der Waals surface area (Å²) in [6.07, 6.45) is -2.16. The minimum Gasteiger partial charge on any atom is -0.375 e. The molecular formula is C11H19F2N3O2. The van der Waals surface area contributed by atoms with Crippen LogP contribution in [0.15, 0.2) is 4.52 Å². The molecule has 0 bridgehead atoms. The van der Waals surface area contributed by atoms with Crippen molar-refractivity contribution in [3.05, 3.63) is 11.7 Å². The van der Waals surface area contributed by atoms with Gasteiger partial charge >= 0.3 is 0 Å². The smallest absolute Gasteiger partial charge is 0.261 e. The highest BCUT2D eigenvalue weighted by molar-refractivity contribution is 4.97. The number of rotatable bonds is 6. The van der Waals surface area contributed by atoms with E-state index in [9.17, 15) is 8.78 Å². The van der Waals surface area contributed by atoms with Gasteiger partial charge in [0.25, 0.3) is 6.43 Å². The van der Waals surface area contributed by atoms with E-state index in [1.807, 2.05) is 20.8 Å². The lowest BCUT2D eigenvalue weighted by Crippen LogP contribution is -2.27.